The van der Waals surface area contributed by atoms with Gasteiger partial charge in [-0.1, -0.05) is 28.9 Å². The van der Waals surface area contributed by atoms with Gasteiger partial charge in [-0.3, -0.25) is 4.79 Å². The summed E-state index contributed by atoms with van der Waals surface area (Å²) >= 11 is 0. The van der Waals surface area contributed by atoms with Crippen LogP contribution < -0.4 is 4.90 Å². The van der Waals surface area contributed by atoms with Crippen LogP contribution in [0.3, 0.4) is 0 Å². The Labute approximate surface area is 150 Å². The second-order valence-corrected chi connectivity index (χ2v) is 6.66. The predicted molar refractivity (Wildman–Crippen MR) is 95.3 cm³/mol. The van der Waals surface area contributed by atoms with Crippen LogP contribution >= 0.6 is 0 Å². The largest absolute Gasteiger partial charge is 0.334 e. The van der Waals surface area contributed by atoms with Crippen LogP contribution in [0.15, 0.2) is 47.0 Å². The molecule has 1 aromatic heterocycles. The van der Waals surface area contributed by atoms with Crippen molar-refractivity contribution in [2.45, 2.75) is 26.2 Å². The van der Waals surface area contributed by atoms with E-state index in [9.17, 15) is 9.18 Å². The highest BCUT2D eigenvalue weighted by molar-refractivity contribution is 5.97. The standard InChI is InChI=1S/C20H18FN3O2/c1-12-3-6-14(7-4-12)20-22-19(23-26-20)15-9-18(25)24(11-15)17-10-16(21)8-5-13(17)2/h3-8,10,15H,9,11H2,1-2H3. The van der Waals surface area contributed by atoms with Crippen LogP contribution in [0.2, 0.25) is 0 Å². The zero-order chi connectivity index (χ0) is 18.3. The second-order valence-electron chi connectivity index (χ2n) is 6.66. The number of hydrogen-bond acceptors (Lipinski definition) is 4. The molecule has 2 heterocycles. The summed E-state index contributed by atoms with van der Waals surface area (Å²) in [6.45, 7) is 4.28. The molecular formula is C20H18FN3O2. The third kappa shape index (κ3) is 2.98. The highest BCUT2D eigenvalue weighted by atomic mass is 19.1. The Balaban J connectivity index is 1.58. The Morgan fingerprint density at radius 1 is 1.15 bits per heavy atom. The van der Waals surface area contributed by atoms with Crippen LogP contribution in [0.5, 0.6) is 0 Å². The molecule has 1 aliphatic rings. The van der Waals surface area contributed by atoms with Crippen molar-refractivity contribution in [1.82, 2.24) is 10.1 Å². The van der Waals surface area contributed by atoms with E-state index in [1.165, 1.54) is 12.1 Å². The Morgan fingerprint density at radius 2 is 1.92 bits per heavy atom. The average Bonchev–Trinajstić information content (AvgIpc) is 3.25. The van der Waals surface area contributed by atoms with E-state index < -0.39 is 0 Å². The van der Waals surface area contributed by atoms with Crippen molar-refractivity contribution in [3.63, 3.8) is 0 Å². The van der Waals surface area contributed by atoms with Gasteiger partial charge >= 0.3 is 0 Å². The molecule has 4 rings (SSSR count). The van der Waals surface area contributed by atoms with Gasteiger partial charge < -0.3 is 9.42 Å². The number of hydrogen-bond donors (Lipinski definition) is 0. The molecule has 3 aromatic rings. The summed E-state index contributed by atoms with van der Waals surface area (Å²) in [5.41, 5.74) is 3.45. The molecule has 1 aliphatic heterocycles. The first-order valence-corrected chi connectivity index (χ1v) is 8.48. The van der Waals surface area contributed by atoms with Gasteiger partial charge in [0.05, 0.1) is 0 Å². The lowest BCUT2D eigenvalue weighted by atomic mass is 10.1. The van der Waals surface area contributed by atoms with Crippen molar-refractivity contribution in [2.75, 3.05) is 11.4 Å². The lowest BCUT2D eigenvalue weighted by Crippen LogP contribution is -2.25. The van der Waals surface area contributed by atoms with E-state index in [2.05, 4.69) is 10.1 Å². The number of benzene rings is 2. The van der Waals surface area contributed by atoms with E-state index in [1.807, 2.05) is 38.1 Å². The average molecular weight is 351 g/mol. The molecule has 0 saturated carbocycles. The van der Waals surface area contributed by atoms with Crippen molar-refractivity contribution in [2.24, 2.45) is 0 Å². The summed E-state index contributed by atoms with van der Waals surface area (Å²) in [5.74, 6) is 0.347. The number of halogens is 1. The summed E-state index contributed by atoms with van der Waals surface area (Å²) in [7, 11) is 0. The molecule has 0 N–H and O–H groups in total. The van der Waals surface area contributed by atoms with Crippen molar-refractivity contribution in [1.29, 1.82) is 0 Å². The van der Waals surface area contributed by atoms with Gasteiger partial charge in [0.25, 0.3) is 5.89 Å². The van der Waals surface area contributed by atoms with Crippen LogP contribution in [-0.4, -0.2) is 22.6 Å². The summed E-state index contributed by atoms with van der Waals surface area (Å²) < 4.78 is 19.0. The van der Waals surface area contributed by atoms with Gasteiger partial charge in [-0.2, -0.15) is 4.98 Å². The Hall–Kier alpha value is -3.02. The number of anilines is 1. The first-order chi connectivity index (χ1) is 12.5. The van der Waals surface area contributed by atoms with E-state index in [0.29, 0.717) is 23.9 Å². The van der Waals surface area contributed by atoms with E-state index in [1.54, 1.807) is 11.0 Å². The SMILES string of the molecule is Cc1ccc(-c2nc(C3CC(=O)N(c4cc(F)ccc4C)C3)no2)cc1. The van der Waals surface area contributed by atoms with Gasteiger partial charge in [0.1, 0.15) is 5.82 Å². The molecule has 0 aliphatic carbocycles. The first-order valence-electron chi connectivity index (χ1n) is 8.48. The molecular weight excluding hydrogens is 333 g/mol. The van der Waals surface area contributed by atoms with Gasteiger partial charge in [-0.25, -0.2) is 4.39 Å². The Kier molecular flexibility index (Phi) is 4.03. The second kappa shape index (κ2) is 6.37. The third-order valence-corrected chi connectivity index (χ3v) is 4.69. The minimum absolute atomic E-state index is 0.0645. The smallest absolute Gasteiger partial charge is 0.257 e. The van der Waals surface area contributed by atoms with Crippen molar-refractivity contribution in [3.8, 4) is 11.5 Å². The summed E-state index contributed by atoms with van der Waals surface area (Å²) in [5, 5.41) is 4.06. The monoisotopic (exact) mass is 351 g/mol. The maximum absolute atomic E-state index is 13.6. The Bertz CT molecular complexity index is 965. The molecule has 0 bridgehead atoms. The Morgan fingerprint density at radius 3 is 2.69 bits per heavy atom. The molecule has 1 atom stereocenters. The summed E-state index contributed by atoms with van der Waals surface area (Å²) in [6.07, 6.45) is 0.281. The molecule has 26 heavy (non-hydrogen) atoms. The van der Waals surface area contributed by atoms with Crippen LogP contribution in [0.1, 0.15) is 29.3 Å². The molecule has 132 valence electrons. The van der Waals surface area contributed by atoms with Crippen LogP contribution in [0, 0.1) is 19.7 Å². The van der Waals surface area contributed by atoms with Gasteiger partial charge in [-0.15, -0.1) is 0 Å². The number of rotatable bonds is 3. The van der Waals surface area contributed by atoms with Crippen molar-refractivity contribution in [3.05, 3.63) is 65.2 Å². The topological polar surface area (TPSA) is 59.2 Å². The van der Waals surface area contributed by atoms with Gasteiger partial charge in [0.15, 0.2) is 5.82 Å². The zero-order valence-electron chi connectivity index (χ0n) is 14.6. The maximum atomic E-state index is 13.6. The zero-order valence-corrected chi connectivity index (χ0v) is 14.6. The number of amides is 1. The molecule has 5 nitrogen and oxygen atoms in total. The molecule has 1 unspecified atom stereocenters. The number of aryl methyl sites for hydroxylation is 2. The maximum Gasteiger partial charge on any atom is 0.257 e. The summed E-state index contributed by atoms with van der Waals surface area (Å²) in [6, 6.07) is 12.3. The molecule has 2 aromatic carbocycles. The lowest BCUT2D eigenvalue weighted by Gasteiger charge is -2.18. The van der Waals surface area contributed by atoms with E-state index in [4.69, 9.17) is 4.52 Å². The fourth-order valence-electron chi connectivity index (χ4n) is 3.20. The highest BCUT2D eigenvalue weighted by Gasteiger charge is 2.35. The van der Waals surface area contributed by atoms with E-state index >= 15 is 0 Å². The van der Waals surface area contributed by atoms with Crippen LogP contribution in [0.4, 0.5) is 10.1 Å². The quantitative estimate of drug-likeness (QED) is 0.715. The van der Waals surface area contributed by atoms with Gasteiger partial charge in [-0.05, 0) is 43.7 Å². The van der Waals surface area contributed by atoms with E-state index in [0.717, 1.165) is 16.7 Å². The predicted octanol–water partition coefficient (Wildman–Crippen LogP) is 4.01. The number of nitrogens with zero attached hydrogens (tertiary/aromatic N) is 3. The normalized spacial score (nSPS) is 17.1. The molecule has 0 spiro atoms. The third-order valence-electron chi connectivity index (χ3n) is 4.69. The molecule has 0 radical (unpaired) electrons. The molecule has 1 fully saturated rings. The number of carbonyl (C=O) groups excluding carboxylic acids is 1. The number of aromatic nitrogens is 2. The lowest BCUT2D eigenvalue weighted by molar-refractivity contribution is -0.117. The first kappa shape index (κ1) is 16.4. The highest BCUT2D eigenvalue weighted by Crippen LogP contribution is 2.33. The molecule has 1 amide bonds. The van der Waals surface area contributed by atoms with Crippen molar-refractivity contribution >= 4 is 11.6 Å². The van der Waals surface area contributed by atoms with Crippen LogP contribution in [0.25, 0.3) is 11.5 Å². The van der Waals surface area contributed by atoms with Crippen LogP contribution in [-0.2, 0) is 4.79 Å². The number of carbonyl (C=O) groups is 1. The fraction of sp³-hybridized carbons (Fsp3) is 0.250. The minimum atomic E-state index is -0.358. The fourth-order valence-corrected chi connectivity index (χ4v) is 3.20. The van der Waals surface area contributed by atoms with Gasteiger partial charge in [0, 0.05) is 30.1 Å². The summed E-state index contributed by atoms with van der Waals surface area (Å²) in [4.78, 5) is 18.5. The minimum Gasteiger partial charge on any atom is -0.334 e. The molecule has 1 saturated heterocycles. The van der Waals surface area contributed by atoms with Crippen molar-refractivity contribution < 1.29 is 13.7 Å². The van der Waals surface area contributed by atoms with Gasteiger partial charge in [0.2, 0.25) is 5.91 Å². The molecule has 6 heteroatoms. The van der Waals surface area contributed by atoms with E-state index in [-0.39, 0.29) is 24.1 Å².